The highest BCUT2D eigenvalue weighted by Gasteiger charge is 2.07. The molecule has 0 aliphatic heterocycles. The largest absolute Gasteiger partial charge is 0.343 e. The number of hydrogen-bond acceptors (Lipinski definition) is 1. The standard InChI is InChI=1S/C18H19NO/c1-13-7-8-15(9-14(13)2)10-19-11-16(12-20)17-5-3-4-6-18(17)19/h5-9,11-12H,3-4,10H2,1-2H3. The van der Waals surface area contributed by atoms with Crippen LogP contribution in [0.25, 0.3) is 12.2 Å². The van der Waals surface area contributed by atoms with Crippen LogP contribution in [-0.4, -0.2) is 10.9 Å². The number of carbonyl (C=O) groups excluding carboxylic acids is 1. The summed E-state index contributed by atoms with van der Waals surface area (Å²) in [6.07, 6.45) is 9.44. The molecular formula is C18H19NO. The van der Waals surface area contributed by atoms with Crippen molar-refractivity contribution in [3.8, 4) is 0 Å². The zero-order valence-corrected chi connectivity index (χ0v) is 12.0. The highest BCUT2D eigenvalue weighted by molar-refractivity contribution is 5.76. The molecule has 20 heavy (non-hydrogen) atoms. The van der Waals surface area contributed by atoms with Crippen molar-refractivity contribution < 1.29 is 4.79 Å². The van der Waals surface area contributed by atoms with E-state index in [0.717, 1.165) is 36.5 Å². The van der Waals surface area contributed by atoms with E-state index in [1.807, 2.05) is 6.20 Å². The Hall–Kier alpha value is -2.09. The number of carbonyl (C=O) groups is 1. The van der Waals surface area contributed by atoms with E-state index in [0.29, 0.717) is 0 Å². The monoisotopic (exact) mass is 265 g/mol. The Morgan fingerprint density at radius 1 is 1.15 bits per heavy atom. The van der Waals surface area contributed by atoms with Crippen LogP contribution in [0.3, 0.4) is 0 Å². The van der Waals surface area contributed by atoms with E-state index >= 15 is 0 Å². The fourth-order valence-corrected chi connectivity index (χ4v) is 2.83. The fourth-order valence-electron chi connectivity index (χ4n) is 2.83. The number of aryl methyl sites for hydroxylation is 2. The van der Waals surface area contributed by atoms with Crippen LogP contribution in [0.15, 0.2) is 24.4 Å². The van der Waals surface area contributed by atoms with Crippen LogP contribution in [-0.2, 0) is 6.54 Å². The summed E-state index contributed by atoms with van der Waals surface area (Å²) in [6.45, 7) is 5.09. The third-order valence-corrected chi connectivity index (χ3v) is 4.10. The van der Waals surface area contributed by atoms with Gasteiger partial charge in [-0.1, -0.05) is 30.4 Å². The highest BCUT2D eigenvalue weighted by atomic mass is 16.1. The van der Waals surface area contributed by atoms with Crippen molar-refractivity contribution in [2.75, 3.05) is 0 Å². The maximum absolute atomic E-state index is 11.2. The predicted molar refractivity (Wildman–Crippen MR) is 82.3 cm³/mol. The molecule has 0 saturated carbocycles. The molecule has 0 bridgehead atoms. The van der Waals surface area contributed by atoms with Gasteiger partial charge in [0.15, 0.2) is 6.29 Å². The molecule has 1 aliphatic carbocycles. The third-order valence-electron chi connectivity index (χ3n) is 4.10. The quantitative estimate of drug-likeness (QED) is 0.781. The second-order valence-corrected chi connectivity index (χ2v) is 5.53. The van der Waals surface area contributed by atoms with Crippen molar-refractivity contribution in [2.45, 2.75) is 33.2 Å². The summed E-state index contributed by atoms with van der Waals surface area (Å²) in [4.78, 5) is 11.2. The van der Waals surface area contributed by atoms with Gasteiger partial charge in [0.25, 0.3) is 0 Å². The minimum atomic E-state index is 0.805. The molecule has 102 valence electrons. The fraction of sp³-hybridized carbons (Fsp3) is 0.278. The zero-order valence-electron chi connectivity index (χ0n) is 12.0. The summed E-state index contributed by atoms with van der Waals surface area (Å²) >= 11 is 0. The molecule has 0 radical (unpaired) electrons. The van der Waals surface area contributed by atoms with E-state index in [2.05, 4.69) is 48.8 Å². The summed E-state index contributed by atoms with van der Waals surface area (Å²) < 4.78 is 2.19. The Balaban J connectivity index is 2.06. The maximum Gasteiger partial charge on any atom is 0.152 e. The summed E-state index contributed by atoms with van der Waals surface area (Å²) in [5, 5.41) is 2.30. The lowest BCUT2D eigenvalue weighted by Crippen LogP contribution is -2.32. The molecule has 2 aromatic rings. The van der Waals surface area contributed by atoms with Crippen LogP contribution in [0.4, 0.5) is 0 Å². The number of rotatable bonds is 3. The summed E-state index contributed by atoms with van der Waals surface area (Å²) in [5.41, 5.74) is 4.72. The Labute approximate surface area is 119 Å². The molecule has 0 saturated heterocycles. The number of aldehydes is 1. The number of aromatic nitrogens is 1. The van der Waals surface area contributed by atoms with Gasteiger partial charge >= 0.3 is 0 Å². The van der Waals surface area contributed by atoms with E-state index < -0.39 is 0 Å². The summed E-state index contributed by atoms with van der Waals surface area (Å²) in [5.74, 6) is 0. The van der Waals surface area contributed by atoms with Crippen LogP contribution in [0.2, 0.25) is 0 Å². The van der Waals surface area contributed by atoms with Gasteiger partial charge in [-0.05, 0) is 43.4 Å². The number of benzene rings is 1. The highest BCUT2D eigenvalue weighted by Crippen LogP contribution is 2.11. The molecule has 1 aliphatic rings. The molecule has 0 fully saturated rings. The molecule has 2 heteroatoms. The molecule has 3 rings (SSSR count). The average molecular weight is 265 g/mol. The van der Waals surface area contributed by atoms with Gasteiger partial charge in [-0.15, -0.1) is 0 Å². The second kappa shape index (κ2) is 5.12. The van der Waals surface area contributed by atoms with Crippen LogP contribution >= 0.6 is 0 Å². The van der Waals surface area contributed by atoms with E-state index in [9.17, 15) is 4.79 Å². The van der Waals surface area contributed by atoms with Gasteiger partial charge in [0.2, 0.25) is 0 Å². The molecule has 0 amide bonds. The Morgan fingerprint density at radius 2 is 1.95 bits per heavy atom. The van der Waals surface area contributed by atoms with Crippen LogP contribution < -0.4 is 10.6 Å². The molecule has 0 N–H and O–H groups in total. The van der Waals surface area contributed by atoms with Gasteiger partial charge in [0.05, 0.1) is 0 Å². The van der Waals surface area contributed by atoms with Gasteiger partial charge < -0.3 is 4.57 Å². The van der Waals surface area contributed by atoms with Gasteiger partial charge in [0, 0.05) is 28.9 Å². The van der Waals surface area contributed by atoms with Gasteiger partial charge in [0.1, 0.15) is 0 Å². The lowest BCUT2D eigenvalue weighted by atomic mass is 10.1. The lowest BCUT2D eigenvalue weighted by Gasteiger charge is -2.08. The third kappa shape index (κ3) is 2.22. The Morgan fingerprint density at radius 3 is 2.70 bits per heavy atom. The first-order chi connectivity index (χ1) is 9.69. The Bertz CT molecular complexity index is 780. The van der Waals surface area contributed by atoms with E-state index in [1.54, 1.807) is 0 Å². The minimum Gasteiger partial charge on any atom is -0.343 e. The van der Waals surface area contributed by atoms with Crippen molar-refractivity contribution in [1.29, 1.82) is 0 Å². The number of nitrogens with zero attached hydrogens (tertiary/aromatic N) is 1. The number of fused-ring (bicyclic) bond motifs is 1. The maximum atomic E-state index is 11.2. The first-order valence-corrected chi connectivity index (χ1v) is 7.10. The first-order valence-electron chi connectivity index (χ1n) is 7.10. The van der Waals surface area contributed by atoms with Crippen LogP contribution in [0.5, 0.6) is 0 Å². The SMILES string of the molecule is Cc1ccc(Cn2cc(C=O)c3c2=CCCC=3)cc1C. The van der Waals surface area contributed by atoms with Crippen LogP contribution in [0, 0.1) is 13.8 Å². The van der Waals surface area contributed by atoms with Gasteiger partial charge in [-0.3, -0.25) is 4.79 Å². The topological polar surface area (TPSA) is 22.0 Å². The molecule has 1 heterocycles. The predicted octanol–water partition coefficient (Wildman–Crippen LogP) is 2.32. The normalized spacial score (nSPS) is 13.3. The molecule has 2 nitrogen and oxygen atoms in total. The van der Waals surface area contributed by atoms with E-state index in [1.165, 1.54) is 22.0 Å². The Kier molecular flexibility index (Phi) is 3.31. The van der Waals surface area contributed by atoms with E-state index in [-0.39, 0.29) is 0 Å². The van der Waals surface area contributed by atoms with Crippen molar-refractivity contribution >= 4 is 18.4 Å². The van der Waals surface area contributed by atoms with Crippen molar-refractivity contribution in [3.05, 3.63) is 57.2 Å². The van der Waals surface area contributed by atoms with Crippen molar-refractivity contribution in [2.24, 2.45) is 0 Å². The molecule has 0 spiro atoms. The lowest BCUT2D eigenvalue weighted by molar-refractivity contribution is 0.112. The minimum absolute atomic E-state index is 0.805. The van der Waals surface area contributed by atoms with Crippen molar-refractivity contribution in [3.63, 3.8) is 0 Å². The molecule has 0 unspecified atom stereocenters. The molecule has 0 atom stereocenters. The number of hydrogen-bond donors (Lipinski definition) is 0. The molecular weight excluding hydrogens is 246 g/mol. The second-order valence-electron chi connectivity index (χ2n) is 5.53. The van der Waals surface area contributed by atoms with Gasteiger partial charge in [-0.2, -0.15) is 0 Å². The van der Waals surface area contributed by atoms with Crippen LogP contribution in [0.1, 0.15) is 39.9 Å². The van der Waals surface area contributed by atoms with E-state index in [4.69, 9.17) is 0 Å². The zero-order chi connectivity index (χ0) is 14.1. The average Bonchev–Trinajstić information content (AvgIpc) is 2.81. The molecule has 1 aromatic heterocycles. The van der Waals surface area contributed by atoms with Crippen molar-refractivity contribution in [1.82, 2.24) is 4.57 Å². The summed E-state index contributed by atoms with van der Waals surface area (Å²) in [7, 11) is 0. The smallest absolute Gasteiger partial charge is 0.152 e. The van der Waals surface area contributed by atoms with Gasteiger partial charge in [-0.25, -0.2) is 0 Å². The molecule has 1 aromatic carbocycles. The first kappa shape index (κ1) is 12.9. The summed E-state index contributed by atoms with van der Waals surface area (Å²) in [6, 6.07) is 6.56.